The molecule has 2 fully saturated rings. The molecule has 0 aromatic rings. The molecule has 2 aliphatic rings. The zero-order valence-electron chi connectivity index (χ0n) is 15.9. The Morgan fingerprint density at radius 3 is 1.23 bits per heavy atom. The van der Waals surface area contributed by atoms with Crippen LogP contribution in [0.25, 0.3) is 0 Å². The predicted octanol–water partition coefficient (Wildman–Crippen LogP) is 1.37. The molecule has 2 saturated heterocycles. The highest BCUT2D eigenvalue weighted by atomic mass is 16.4. The summed E-state index contributed by atoms with van der Waals surface area (Å²) in [6, 6.07) is 0. The van der Waals surface area contributed by atoms with E-state index in [-0.39, 0.29) is 13.2 Å². The maximum Gasteiger partial charge on any atom is 0.0596 e. The maximum atomic E-state index is 8.61. The molecule has 0 aromatic heterocycles. The Kier molecular flexibility index (Phi) is 13.1. The van der Waals surface area contributed by atoms with Crippen molar-refractivity contribution in [3.05, 3.63) is 0 Å². The minimum absolute atomic E-state index is 0.289. The topological polar surface area (TPSA) is 112 Å². The highest BCUT2D eigenvalue weighted by Crippen LogP contribution is 2.08. The lowest BCUT2D eigenvalue weighted by atomic mass is 10.1. The Morgan fingerprint density at radius 1 is 0.615 bits per heavy atom. The quantitative estimate of drug-likeness (QED) is 0.291. The predicted molar refractivity (Wildman–Crippen MR) is 102 cm³/mol. The summed E-state index contributed by atoms with van der Waals surface area (Å²) < 4.78 is 0. The molecule has 0 amide bonds. The van der Waals surface area contributed by atoms with E-state index in [1.54, 1.807) is 0 Å². The van der Waals surface area contributed by atoms with Crippen LogP contribution in [0.15, 0.2) is 10.3 Å². The first-order valence-corrected chi connectivity index (χ1v) is 9.79. The van der Waals surface area contributed by atoms with Gasteiger partial charge in [0.25, 0.3) is 0 Å². The third-order valence-electron chi connectivity index (χ3n) is 4.91. The Bertz CT molecular complexity index is 360. The summed E-state index contributed by atoms with van der Waals surface area (Å²) >= 11 is 0. The van der Waals surface area contributed by atoms with E-state index in [0.29, 0.717) is 0 Å². The molecular formula is C18H36N4O4. The molecule has 152 valence electrons. The molecule has 8 heteroatoms. The number of piperidine rings is 2. The molecule has 0 aromatic carbocycles. The van der Waals surface area contributed by atoms with Gasteiger partial charge in [-0.25, -0.2) is 0 Å². The van der Waals surface area contributed by atoms with Crippen molar-refractivity contribution in [3.8, 4) is 0 Å². The second-order valence-electron chi connectivity index (χ2n) is 6.88. The monoisotopic (exact) mass is 372 g/mol. The van der Waals surface area contributed by atoms with Crippen LogP contribution in [0.3, 0.4) is 0 Å². The molecule has 0 atom stereocenters. The van der Waals surface area contributed by atoms with E-state index in [1.807, 2.05) is 0 Å². The van der Waals surface area contributed by atoms with Crippen molar-refractivity contribution in [3.63, 3.8) is 0 Å². The van der Waals surface area contributed by atoms with Crippen LogP contribution in [0.1, 0.15) is 51.4 Å². The number of unbranched alkanes of at least 4 members (excludes halogenated alkanes) is 2. The van der Waals surface area contributed by atoms with E-state index >= 15 is 0 Å². The summed E-state index contributed by atoms with van der Waals surface area (Å²) in [5.41, 5.74) is 1.83. The van der Waals surface area contributed by atoms with Gasteiger partial charge in [0.05, 0.1) is 11.4 Å². The summed E-state index contributed by atoms with van der Waals surface area (Å²) in [6.07, 6.45) is 7.43. The first kappa shape index (κ1) is 22.8. The van der Waals surface area contributed by atoms with Gasteiger partial charge < -0.3 is 30.4 Å². The third-order valence-corrected chi connectivity index (χ3v) is 4.91. The van der Waals surface area contributed by atoms with Gasteiger partial charge in [-0.15, -0.1) is 0 Å². The fourth-order valence-corrected chi connectivity index (χ4v) is 3.16. The molecule has 2 rings (SSSR count). The van der Waals surface area contributed by atoms with Crippen LogP contribution in [-0.2, 0) is 0 Å². The lowest BCUT2D eigenvalue weighted by molar-refractivity contribution is 0.237. The molecule has 2 heterocycles. The molecule has 0 spiro atoms. The molecule has 0 unspecified atom stereocenters. The van der Waals surface area contributed by atoms with Crippen LogP contribution in [0, 0.1) is 0 Å². The minimum Gasteiger partial charge on any atom is -0.411 e. The van der Waals surface area contributed by atoms with Gasteiger partial charge in [0.2, 0.25) is 0 Å². The Labute approximate surface area is 156 Å². The van der Waals surface area contributed by atoms with E-state index in [2.05, 4.69) is 20.1 Å². The summed E-state index contributed by atoms with van der Waals surface area (Å²) in [7, 11) is 0. The van der Waals surface area contributed by atoms with Crippen molar-refractivity contribution < 1.29 is 20.6 Å². The van der Waals surface area contributed by atoms with E-state index in [1.165, 1.54) is 0 Å². The zero-order chi connectivity index (χ0) is 19.0. The van der Waals surface area contributed by atoms with Gasteiger partial charge in [0, 0.05) is 65.1 Å². The Balaban J connectivity index is 0.000000260. The fraction of sp³-hybridized carbons (Fsp3) is 0.889. The van der Waals surface area contributed by atoms with Gasteiger partial charge in [0.15, 0.2) is 0 Å². The fourth-order valence-electron chi connectivity index (χ4n) is 3.16. The highest BCUT2D eigenvalue weighted by Gasteiger charge is 2.15. The molecule has 0 saturated carbocycles. The van der Waals surface area contributed by atoms with E-state index in [0.717, 1.165) is 102 Å². The number of oxime groups is 2. The van der Waals surface area contributed by atoms with Crippen LogP contribution < -0.4 is 0 Å². The molecule has 4 N–H and O–H groups in total. The van der Waals surface area contributed by atoms with Gasteiger partial charge >= 0.3 is 0 Å². The standard InChI is InChI=1S/2C9H18N2O2/c2*12-8-2-1-5-11-6-3-9(10-13)4-7-11/h2*12-13H,1-8H2. The molecule has 0 aliphatic carbocycles. The largest absolute Gasteiger partial charge is 0.411 e. The van der Waals surface area contributed by atoms with Crippen molar-refractivity contribution in [2.45, 2.75) is 51.4 Å². The summed E-state index contributed by atoms with van der Waals surface area (Å²) in [5, 5.41) is 40.7. The number of nitrogens with zero attached hydrogens (tertiary/aromatic N) is 4. The number of aliphatic hydroxyl groups excluding tert-OH is 2. The Hall–Kier alpha value is -1.22. The number of hydrogen-bond acceptors (Lipinski definition) is 8. The first-order chi connectivity index (χ1) is 12.7. The van der Waals surface area contributed by atoms with Gasteiger partial charge in [-0.3, -0.25) is 0 Å². The maximum absolute atomic E-state index is 8.61. The minimum atomic E-state index is 0.289. The van der Waals surface area contributed by atoms with E-state index in [4.69, 9.17) is 20.6 Å². The van der Waals surface area contributed by atoms with Gasteiger partial charge in [-0.05, 0) is 38.8 Å². The summed E-state index contributed by atoms with van der Waals surface area (Å²) in [4.78, 5) is 4.70. The van der Waals surface area contributed by atoms with Crippen molar-refractivity contribution in [2.24, 2.45) is 10.3 Å². The van der Waals surface area contributed by atoms with Gasteiger partial charge in [-0.2, -0.15) is 0 Å². The second-order valence-corrected chi connectivity index (χ2v) is 6.88. The first-order valence-electron chi connectivity index (χ1n) is 9.79. The molecule has 0 bridgehead atoms. The normalized spacial score (nSPS) is 19.0. The Morgan fingerprint density at radius 2 is 0.962 bits per heavy atom. The zero-order valence-corrected chi connectivity index (χ0v) is 15.9. The van der Waals surface area contributed by atoms with Crippen molar-refractivity contribution >= 4 is 11.4 Å². The number of likely N-dealkylation sites (tertiary alicyclic amines) is 2. The summed E-state index contributed by atoms with van der Waals surface area (Å²) in [5.74, 6) is 0. The van der Waals surface area contributed by atoms with Crippen molar-refractivity contribution in [2.75, 3.05) is 52.5 Å². The van der Waals surface area contributed by atoms with Crippen LogP contribution in [0.2, 0.25) is 0 Å². The lowest BCUT2D eigenvalue weighted by Gasteiger charge is -2.26. The number of hydrogen-bond donors (Lipinski definition) is 4. The van der Waals surface area contributed by atoms with Crippen molar-refractivity contribution in [1.29, 1.82) is 0 Å². The number of rotatable bonds is 8. The second kappa shape index (κ2) is 14.9. The van der Waals surface area contributed by atoms with Crippen LogP contribution in [-0.4, -0.2) is 94.3 Å². The van der Waals surface area contributed by atoms with Crippen LogP contribution in [0.4, 0.5) is 0 Å². The lowest BCUT2D eigenvalue weighted by Crippen LogP contribution is -2.34. The SMILES string of the molecule is OCCCCN1CCC(=NO)CC1.OCCCCN1CCC(=NO)CC1. The van der Waals surface area contributed by atoms with Gasteiger partial charge in [0.1, 0.15) is 0 Å². The van der Waals surface area contributed by atoms with Crippen LogP contribution in [0.5, 0.6) is 0 Å². The summed E-state index contributed by atoms with van der Waals surface area (Å²) in [6.45, 7) is 6.65. The van der Waals surface area contributed by atoms with Gasteiger partial charge in [-0.1, -0.05) is 10.3 Å². The van der Waals surface area contributed by atoms with Crippen molar-refractivity contribution in [1.82, 2.24) is 9.80 Å². The molecule has 26 heavy (non-hydrogen) atoms. The van der Waals surface area contributed by atoms with Crippen LogP contribution >= 0.6 is 0 Å². The van der Waals surface area contributed by atoms with E-state index < -0.39 is 0 Å². The molecule has 0 radical (unpaired) electrons. The molecule has 8 nitrogen and oxygen atoms in total. The molecular weight excluding hydrogens is 336 g/mol. The number of aliphatic hydroxyl groups is 2. The smallest absolute Gasteiger partial charge is 0.0596 e. The average molecular weight is 373 g/mol. The van der Waals surface area contributed by atoms with E-state index in [9.17, 15) is 0 Å². The molecule has 2 aliphatic heterocycles. The average Bonchev–Trinajstić information content (AvgIpc) is 2.70. The third kappa shape index (κ3) is 10.1. The highest BCUT2D eigenvalue weighted by molar-refractivity contribution is 5.85.